The van der Waals surface area contributed by atoms with Gasteiger partial charge in [-0.2, -0.15) is 0 Å². The van der Waals surface area contributed by atoms with Crippen molar-refractivity contribution in [2.75, 3.05) is 0 Å². The van der Waals surface area contributed by atoms with E-state index in [4.69, 9.17) is 0 Å². The van der Waals surface area contributed by atoms with Crippen molar-refractivity contribution in [1.82, 2.24) is 0 Å². The van der Waals surface area contributed by atoms with Crippen LogP contribution in [-0.4, -0.2) is 10.9 Å². The summed E-state index contributed by atoms with van der Waals surface area (Å²) in [7, 11) is 0. The molecule has 0 aliphatic heterocycles. The topological polar surface area (TPSA) is 37.3 Å². The molecule has 0 radical (unpaired) electrons. The first-order chi connectivity index (χ1) is 9.22. The summed E-state index contributed by atoms with van der Waals surface area (Å²) in [5.41, 5.74) is 3.71. The van der Waals surface area contributed by atoms with Gasteiger partial charge in [0.05, 0.1) is 6.10 Å². The van der Waals surface area contributed by atoms with Crippen molar-refractivity contribution in [3.63, 3.8) is 0 Å². The molecule has 2 heteroatoms. The third-order valence-corrected chi connectivity index (χ3v) is 4.58. The molecular weight excluding hydrogens is 236 g/mol. The number of Topliss-reactive ketones (excluding diaryl/α,β-unsaturated/α-hetero) is 1. The molecule has 0 saturated heterocycles. The lowest BCUT2D eigenvalue weighted by molar-refractivity contribution is 0.0969. The van der Waals surface area contributed by atoms with Crippen molar-refractivity contribution >= 4 is 5.78 Å². The fraction of sp³-hybridized carbons (Fsp3) is 0.235. The van der Waals surface area contributed by atoms with Gasteiger partial charge in [0.2, 0.25) is 0 Å². The predicted molar refractivity (Wildman–Crippen MR) is 72.2 cm³/mol. The number of hydrogen-bond acceptors (Lipinski definition) is 2. The molecule has 19 heavy (non-hydrogen) atoms. The van der Waals surface area contributed by atoms with E-state index in [1.807, 2.05) is 42.5 Å². The van der Waals surface area contributed by atoms with Gasteiger partial charge in [-0.15, -0.1) is 0 Å². The second-order valence-electron chi connectivity index (χ2n) is 5.53. The van der Waals surface area contributed by atoms with Crippen LogP contribution in [-0.2, 0) is 5.41 Å². The van der Waals surface area contributed by atoms with E-state index in [1.165, 1.54) is 0 Å². The molecule has 1 spiro atoms. The number of hydrogen-bond donors (Lipinski definition) is 1. The highest BCUT2D eigenvalue weighted by Crippen LogP contribution is 2.55. The second-order valence-corrected chi connectivity index (χ2v) is 5.53. The van der Waals surface area contributed by atoms with Crippen molar-refractivity contribution in [3.05, 3.63) is 70.8 Å². The van der Waals surface area contributed by atoms with Gasteiger partial charge in [0.25, 0.3) is 0 Å². The van der Waals surface area contributed by atoms with Crippen molar-refractivity contribution in [2.24, 2.45) is 0 Å². The molecule has 0 amide bonds. The lowest BCUT2D eigenvalue weighted by Crippen LogP contribution is -2.22. The Morgan fingerprint density at radius 2 is 1.68 bits per heavy atom. The van der Waals surface area contributed by atoms with Gasteiger partial charge in [0.15, 0.2) is 5.78 Å². The molecule has 2 aromatic carbocycles. The Balaban J connectivity index is 2.02. The van der Waals surface area contributed by atoms with E-state index in [-0.39, 0.29) is 11.2 Å². The van der Waals surface area contributed by atoms with Gasteiger partial charge in [-0.3, -0.25) is 4.79 Å². The van der Waals surface area contributed by atoms with E-state index in [0.29, 0.717) is 12.8 Å². The van der Waals surface area contributed by atoms with Crippen LogP contribution >= 0.6 is 0 Å². The molecule has 2 unspecified atom stereocenters. The molecule has 0 fully saturated rings. The van der Waals surface area contributed by atoms with Crippen LogP contribution in [0.15, 0.2) is 48.5 Å². The largest absolute Gasteiger partial charge is 0.388 e. The lowest BCUT2D eigenvalue weighted by atomic mass is 9.76. The third-order valence-electron chi connectivity index (χ3n) is 4.58. The summed E-state index contributed by atoms with van der Waals surface area (Å²) in [4.78, 5) is 12.3. The monoisotopic (exact) mass is 250 g/mol. The van der Waals surface area contributed by atoms with E-state index in [1.54, 1.807) is 0 Å². The van der Waals surface area contributed by atoms with Crippen molar-refractivity contribution in [1.29, 1.82) is 0 Å². The van der Waals surface area contributed by atoms with Gasteiger partial charge in [-0.25, -0.2) is 0 Å². The van der Waals surface area contributed by atoms with E-state index in [2.05, 4.69) is 6.07 Å². The van der Waals surface area contributed by atoms with Crippen LogP contribution < -0.4 is 0 Å². The van der Waals surface area contributed by atoms with Crippen molar-refractivity contribution < 1.29 is 9.90 Å². The smallest absolute Gasteiger partial charge is 0.164 e. The molecule has 2 atom stereocenters. The van der Waals surface area contributed by atoms with E-state index >= 15 is 0 Å². The highest BCUT2D eigenvalue weighted by atomic mass is 16.3. The fourth-order valence-corrected chi connectivity index (χ4v) is 3.80. The van der Waals surface area contributed by atoms with Crippen molar-refractivity contribution in [3.8, 4) is 0 Å². The number of rotatable bonds is 0. The maximum absolute atomic E-state index is 12.3. The molecule has 0 saturated carbocycles. The standard InChI is InChI=1S/C17H14O2/c18-15-9-17(13-7-3-1-5-11(13)15)10-16(19)12-6-2-4-8-14(12)17/h1-8,15,18H,9-10H2. The Hall–Kier alpha value is -1.93. The normalized spacial score (nSPS) is 27.6. The lowest BCUT2D eigenvalue weighted by Gasteiger charge is -2.25. The minimum absolute atomic E-state index is 0.194. The van der Waals surface area contributed by atoms with Crippen molar-refractivity contribution in [2.45, 2.75) is 24.4 Å². The van der Waals surface area contributed by atoms with Crippen LogP contribution in [0.25, 0.3) is 0 Å². The number of carbonyl (C=O) groups excluding carboxylic acids is 1. The van der Waals surface area contributed by atoms with E-state index in [9.17, 15) is 9.90 Å². The van der Waals surface area contributed by atoms with Crippen LogP contribution in [0.5, 0.6) is 0 Å². The molecule has 0 aromatic heterocycles. The minimum atomic E-state index is -0.463. The number of fused-ring (bicyclic) bond motifs is 4. The highest BCUT2D eigenvalue weighted by molar-refractivity contribution is 6.03. The average Bonchev–Trinajstić information content (AvgIpc) is 2.88. The number of aliphatic hydroxyl groups is 1. The summed E-state index contributed by atoms with van der Waals surface area (Å²) >= 11 is 0. The van der Waals surface area contributed by atoms with Gasteiger partial charge < -0.3 is 5.11 Å². The predicted octanol–water partition coefficient (Wildman–Crippen LogP) is 3.00. The van der Waals surface area contributed by atoms with Gasteiger partial charge in [-0.05, 0) is 23.1 Å². The SMILES string of the molecule is O=C1CC2(CC(O)c3ccccc32)c2ccccc21. The van der Waals surface area contributed by atoms with E-state index in [0.717, 1.165) is 22.3 Å². The number of benzene rings is 2. The molecule has 2 aromatic rings. The number of carbonyl (C=O) groups is 1. The Bertz CT molecular complexity index is 689. The molecule has 0 heterocycles. The van der Waals surface area contributed by atoms with Crippen LogP contribution in [0.1, 0.15) is 46.0 Å². The fourth-order valence-electron chi connectivity index (χ4n) is 3.80. The zero-order chi connectivity index (χ0) is 13.0. The molecule has 94 valence electrons. The summed E-state index contributed by atoms with van der Waals surface area (Å²) in [6.07, 6.45) is 0.644. The molecule has 0 bridgehead atoms. The Labute approximate surface area is 111 Å². The number of aliphatic hydroxyl groups excluding tert-OH is 1. The molecule has 2 aliphatic rings. The van der Waals surface area contributed by atoms with Gasteiger partial charge >= 0.3 is 0 Å². The zero-order valence-corrected chi connectivity index (χ0v) is 10.5. The maximum Gasteiger partial charge on any atom is 0.164 e. The van der Waals surface area contributed by atoms with Crippen LogP contribution in [0.4, 0.5) is 0 Å². The molecule has 1 N–H and O–H groups in total. The summed E-state index contributed by atoms with van der Waals surface area (Å²) in [6.45, 7) is 0. The quantitative estimate of drug-likeness (QED) is 0.780. The third kappa shape index (κ3) is 1.27. The van der Waals surface area contributed by atoms with E-state index < -0.39 is 6.10 Å². The van der Waals surface area contributed by atoms with Gasteiger partial charge in [0, 0.05) is 17.4 Å². The molecular formula is C17H14O2. The summed E-state index contributed by atoms with van der Waals surface area (Å²) in [5, 5.41) is 10.3. The Morgan fingerprint density at radius 1 is 1.00 bits per heavy atom. The first kappa shape index (κ1) is 10.9. The van der Waals surface area contributed by atoms with Crippen LogP contribution in [0.3, 0.4) is 0 Å². The summed E-state index contributed by atoms with van der Waals surface area (Å²) in [6, 6.07) is 15.8. The molecule has 4 rings (SSSR count). The first-order valence-corrected chi connectivity index (χ1v) is 6.62. The second kappa shape index (κ2) is 3.55. The van der Waals surface area contributed by atoms with Gasteiger partial charge in [-0.1, -0.05) is 48.5 Å². The molecule has 2 aliphatic carbocycles. The van der Waals surface area contributed by atoms with Crippen LogP contribution in [0.2, 0.25) is 0 Å². The minimum Gasteiger partial charge on any atom is -0.388 e. The van der Waals surface area contributed by atoms with Crippen LogP contribution in [0, 0.1) is 0 Å². The molecule has 2 nitrogen and oxygen atoms in total. The van der Waals surface area contributed by atoms with Gasteiger partial charge in [0.1, 0.15) is 0 Å². The maximum atomic E-state index is 12.3. The summed E-state index contributed by atoms with van der Waals surface area (Å²) < 4.78 is 0. The average molecular weight is 250 g/mol. The Kier molecular flexibility index (Phi) is 2.04. The Morgan fingerprint density at radius 3 is 2.53 bits per heavy atom. The number of ketones is 1. The summed E-state index contributed by atoms with van der Waals surface area (Å²) in [5.74, 6) is 0.194. The highest BCUT2D eigenvalue weighted by Gasteiger charge is 2.50. The first-order valence-electron chi connectivity index (χ1n) is 6.62. The zero-order valence-electron chi connectivity index (χ0n) is 10.5.